The fourth-order valence-corrected chi connectivity index (χ4v) is 1.63. The lowest BCUT2D eigenvalue weighted by molar-refractivity contribution is -0.165. The molecule has 1 fully saturated rings. The molecule has 15 heavy (non-hydrogen) atoms. The standard InChI is InChI=1S/C9H16N2O4/c1-9(14,8(13)15-2)5-11-4-3-6(11)7(10)12/h6,14H,3-5H2,1-2H3,(H2,10,12). The van der Waals surface area contributed by atoms with Gasteiger partial charge in [-0.1, -0.05) is 0 Å². The highest BCUT2D eigenvalue weighted by Crippen LogP contribution is 2.20. The Bertz CT molecular complexity index is 277. The monoisotopic (exact) mass is 216 g/mol. The number of nitrogens with zero attached hydrogens (tertiary/aromatic N) is 1. The molecule has 3 N–H and O–H groups in total. The van der Waals surface area contributed by atoms with Crippen LogP contribution in [0, 0.1) is 0 Å². The highest BCUT2D eigenvalue weighted by Gasteiger charge is 2.41. The van der Waals surface area contributed by atoms with Gasteiger partial charge in [0.2, 0.25) is 5.91 Å². The van der Waals surface area contributed by atoms with Gasteiger partial charge in [0.1, 0.15) is 0 Å². The predicted molar refractivity (Wildman–Crippen MR) is 51.8 cm³/mol. The lowest BCUT2D eigenvalue weighted by atomic mass is 9.98. The molecule has 0 spiro atoms. The number of esters is 1. The lowest BCUT2D eigenvalue weighted by Crippen LogP contribution is -2.60. The summed E-state index contributed by atoms with van der Waals surface area (Å²) in [5, 5.41) is 9.75. The van der Waals surface area contributed by atoms with E-state index in [1.54, 1.807) is 4.90 Å². The summed E-state index contributed by atoms with van der Waals surface area (Å²) >= 11 is 0. The first-order valence-electron chi connectivity index (χ1n) is 4.72. The minimum atomic E-state index is -1.59. The van der Waals surface area contributed by atoms with Crippen molar-refractivity contribution in [2.24, 2.45) is 5.73 Å². The van der Waals surface area contributed by atoms with Gasteiger partial charge in [-0.05, 0) is 13.3 Å². The number of rotatable bonds is 4. The molecule has 1 heterocycles. The van der Waals surface area contributed by atoms with Crippen molar-refractivity contribution >= 4 is 11.9 Å². The van der Waals surface area contributed by atoms with E-state index < -0.39 is 17.5 Å². The minimum absolute atomic E-state index is 0.0628. The van der Waals surface area contributed by atoms with E-state index in [9.17, 15) is 14.7 Å². The second-order valence-corrected chi connectivity index (χ2v) is 3.94. The summed E-state index contributed by atoms with van der Waals surface area (Å²) in [5.74, 6) is -1.14. The number of likely N-dealkylation sites (tertiary alicyclic amines) is 1. The second kappa shape index (κ2) is 4.16. The van der Waals surface area contributed by atoms with Crippen molar-refractivity contribution in [3.63, 3.8) is 0 Å². The molecule has 1 saturated heterocycles. The average molecular weight is 216 g/mol. The molecule has 0 aliphatic carbocycles. The van der Waals surface area contributed by atoms with E-state index in [-0.39, 0.29) is 12.6 Å². The maximum absolute atomic E-state index is 11.2. The summed E-state index contributed by atoms with van der Waals surface area (Å²) in [6, 6.07) is -0.374. The van der Waals surface area contributed by atoms with Crippen LogP contribution in [0.3, 0.4) is 0 Å². The number of primary amides is 1. The lowest BCUT2D eigenvalue weighted by Gasteiger charge is -2.41. The van der Waals surface area contributed by atoms with E-state index in [4.69, 9.17) is 5.73 Å². The molecule has 1 amide bonds. The molecule has 86 valence electrons. The third kappa shape index (κ3) is 2.45. The molecule has 0 saturated carbocycles. The van der Waals surface area contributed by atoms with E-state index in [0.717, 1.165) is 0 Å². The maximum Gasteiger partial charge on any atom is 0.338 e. The first-order valence-corrected chi connectivity index (χ1v) is 4.72. The first-order chi connectivity index (χ1) is 6.88. The molecule has 1 aliphatic heterocycles. The Balaban J connectivity index is 2.55. The van der Waals surface area contributed by atoms with E-state index in [1.165, 1.54) is 14.0 Å². The Labute approximate surface area is 88.0 Å². The largest absolute Gasteiger partial charge is 0.467 e. The molecule has 1 aliphatic rings. The van der Waals surface area contributed by atoms with Crippen LogP contribution < -0.4 is 5.73 Å². The minimum Gasteiger partial charge on any atom is -0.467 e. The van der Waals surface area contributed by atoms with Gasteiger partial charge in [-0.2, -0.15) is 0 Å². The van der Waals surface area contributed by atoms with Gasteiger partial charge in [-0.3, -0.25) is 9.69 Å². The Morgan fingerprint density at radius 1 is 1.67 bits per heavy atom. The summed E-state index contributed by atoms with van der Waals surface area (Å²) in [6.07, 6.45) is 0.673. The molecular formula is C9H16N2O4. The number of methoxy groups -OCH3 is 1. The second-order valence-electron chi connectivity index (χ2n) is 3.94. The van der Waals surface area contributed by atoms with E-state index in [1.807, 2.05) is 0 Å². The van der Waals surface area contributed by atoms with Crippen LogP contribution in [-0.4, -0.2) is 53.7 Å². The molecule has 0 aromatic rings. The molecule has 0 bridgehead atoms. The van der Waals surface area contributed by atoms with Crippen LogP contribution >= 0.6 is 0 Å². The molecule has 6 nitrogen and oxygen atoms in total. The van der Waals surface area contributed by atoms with Crippen molar-refractivity contribution in [2.75, 3.05) is 20.2 Å². The van der Waals surface area contributed by atoms with Crippen molar-refractivity contribution in [3.05, 3.63) is 0 Å². The zero-order valence-electron chi connectivity index (χ0n) is 8.90. The predicted octanol–water partition coefficient (Wildman–Crippen LogP) is -1.53. The van der Waals surface area contributed by atoms with Crippen molar-refractivity contribution in [1.29, 1.82) is 0 Å². The van der Waals surface area contributed by atoms with Gasteiger partial charge in [-0.15, -0.1) is 0 Å². The summed E-state index contributed by atoms with van der Waals surface area (Å²) in [4.78, 5) is 23.7. The normalized spacial score (nSPS) is 25.1. The number of hydrogen-bond donors (Lipinski definition) is 2. The smallest absolute Gasteiger partial charge is 0.338 e. The summed E-state index contributed by atoms with van der Waals surface area (Å²) in [6.45, 7) is 2.07. The Hall–Kier alpha value is -1.14. The van der Waals surface area contributed by atoms with E-state index in [0.29, 0.717) is 13.0 Å². The molecule has 0 aromatic heterocycles. The van der Waals surface area contributed by atoms with Gasteiger partial charge in [0.05, 0.1) is 13.2 Å². The molecule has 6 heteroatoms. The van der Waals surface area contributed by atoms with Crippen molar-refractivity contribution in [2.45, 2.75) is 25.0 Å². The quantitative estimate of drug-likeness (QED) is 0.556. The highest BCUT2D eigenvalue weighted by atomic mass is 16.5. The number of amides is 1. The fourth-order valence-electron chi connectivity index (χ4n) is 1.63. The van der Waals surface area contributed by atoms with Crippen molar-refractivity contribution in [3.8, 4) is 0 Å². The average Bonchev–Trinajstić information content (AvgIpc) is 2.10. The molecule has 0 radical (unpaired) electrons. The van der Waals surface area contributed by atoms with Crippen molar-refractivity contribution < 1.29 is 19.4 Å². The zero-order valence-corrected chi connectivity index (χ0v) is 8.90. The van der Waals surface area contributed by atoms with Gasteiger partial charge in [0, 0.05) is 13.1 Å². The third-order valence-electron chi connectivity index (χ3n) is 2.60. The van der Waals surface area contributed by atoms with Crippen LogP contribution in [0.1, 0.15) is 13.3 Å². The Morgan fingerprint density at radius 3 is 2.60 bits per heavy atom. The first kappa shape index (κ1) is 11.9. The van der Waals surface area contributed by atoms with Crippen LogP contribution in [0.15, 0.2) is 0 Å². The topological polar surface area (TPSA) is 92.9 Å². The van der Waals surface area contributed by atoms with E-state index >= 15 is 0 Å². The summed E-state index contributed by atoms with van der Waals surface area (Å²) in [5.41, 5.74) is 3.54. The zero-order chi connectivity index (χ0) is 11.6. The van der Waals surface area contributed by atoms with Gasteiger partial charge >= 0.3 is 5.97 Å². The van der Waals surface area contributed by atoms with Crippen molar-refractivity contribution in [1.82, 2.24) is 4.90 Å². The van der Waals surface area contributed by atoms with Gasteiger partial charge < -0.3 is 15.6 Å². The van der Waals surface area contributed by atoms with Crippen LogP contribution in [-0.2, 0) is 14.3 Å². The number of carbonyl (C=O) groups is 2. The van der Waals surface area contributed by atoms with Gasteiger partial charge in [-0.25, -0.2) is 4.79 Å². The van der Waals surface area contributed by atoms with Crippen LogP contribution in [0.2, 0.25) is 0 Å². The maximum atomic E-state index is 11.2. The highest BCUT2D eigenvalue weighted by molar-refractivity contribution is 5.82. The van der Waals surface area contributed by atoms with E-state index in [2.05, 4.69) is 4.74 Å². The third-order valence-corrected chi connectivity index (χ3v) is 2.60. The number of β-amino-alcohol motifs (C(OH)–C–C–N with tert-alkyl or cyclic N) is 1. The van der Waals surface area contributed by atoms with Gasteiger partial charge in [0.15, 0.2) is 5.60 Å². The molecule has 1 rings (SSSR count). The Morgan fingerprint density at radius 2 is 2.27 bits per heavy atom. The summed E-state index contributed by atoms with van der Waals surface area (Å²) in [7, 11) is 1.21. The van der Waals surface area contributed by atoms with Crippen LogP contribution in [0.4, 0.5) is 0 Å². The van der Waals surface area contributed by atoms with Gasteiger partial charge in [0.25, 0.3) is 0 Å². The SMILES string of the molecule is COC(=O)C(C)(O)CN1CCC1C(N)=O. The molecule has 2 atom stereocenters. The number of aliphatic hydroxyl groups is 1. The fraction of sp³-hybridized carbons (Fsp3) is 0.778. The molecular weight excluding hydrogens is 200 g/mol. The summed E-state index contributed by atoms with van der Waals surface area (Å²) < 4.78 is 4.45. The number of ether oxygens (including phenoxy) is 1. The Kier molecular flexibility index (Phi) is 3.31. The van der Waals surface area contributed by atoms with Crippen LogP contribution in [0.5, 0.6) is 0 Å². The molecule has 2 unspecified atom stereocenters. The number of carbonyl (C=O) groups excluding carboxylic acids is 2. The van der Waals surface area contributed by atoms with Crippen LogP contribution in [0.25, 0.3) is 0 Å². The number of nitrogens with two attached hydrogens (primary N) is 1. The molecule has 0 aromatic carbocycles. The number of hydrogen-bond acceptors (Lipinski definition) is 5.